The molecule has 0 saturated heterocycles. The Kier molecular flexibility index (Phi) is 3.64. The maximum atomic E-state index is 4.26. The van der Waals surface area contributed by atoms with Crippen molar-refractivity contribution in [3.63, 3.8) is 0 Å². The molecule has 0 amide bonds. The molecular weight excluding hydrogens is 230 g/mol. The first-order valence-electron chi connectivity index (χ1n) is 5.44. The Morgan fingerprint density at radius 1 is 1.12 bits per heavy atom. The Hall–Kier alpha value is -1.55. The number of hydrogen-bond donors (Lipinski definition) is 1. The smallest absolute Gasteiger partial charge is 0.130 e. The molecule has 88 valence electrons. The average Bonchev–Trinajstić information content (AvgIpc) is 2.33. The first kappa shape index (κ1) is 11.9. The van der Waals surface area contributed by atoms with E-state index in [1.165, 1.54) is 16.0 Å². The first-order chi connectivity index (χ1) is 8.19. The lowest BCUT2D eigenvalue weighted by Crippen LogP contribution is -1.93. The molecule has 3 nitrogen and oxygen atoms in total. The summed E-state index contributed by atoms with van der Waals surface area (Å²) in [5, 5.41) is 3.97. The van der Waals surface area contributed by atoms with E-state index in [4.69, 9.17) is 0 Å². The van der Waals surface area contributed by atoms with Gasteiger partial charge in [-0.25, -0.2) is 9.97 Å². The Bertz CT molecular complexity index is 526. The highest BCUT2D eigenvalue weighted by Gasteiger charge is 2.03. The molecule has 0 spiro atoms. The number of benzene rings is 1. The van der Waals surface area contributed by atoms with Crippen LogP contribution in [0.3, 0.4) is 0 Å². The zero-order valence-electron chi connectivity index (χ0n) is 10.2. The maximum absolute atomic E-state index is 4.26. The number of aryl methyl sites for hydroxylation is 2. The van der Waals surface area contributed by atoms with E-state index in [2.05, 4.69) is 47.3 Å². The van der Waals surface area contributed by atoms with E-state index in [1.54, 1.807) is 18.1 Å². The van der Waals surface area contributed by atoms with E-state index in [0.717, 1.165) is 10.8 Å². The van der Waals surface area contributed by atoms with Crippen molar-refractivity contribution in [1.29, 1.82) is 0 Å². The molecule has 17 heavy (non-hydrogen) atoms. The van der Waals surface area contributed by atoms with Crippen molar-refractivity contribution in [1.82, 2.24) is 9.97 Å². The predicted octanol–water partition coefficient (Wildman–Crippen LogP) is 3.29. The minimum Gasteiger partial charge on any atom is -0.373 e. The molecule has 0 saturated carbocycles. The summed E-state index contributed by atoms with van der Waals surface area (Å²) in [6.07, 6.45) is 1.58. The Morgan fingerprint density at radius 2 is 1.94 bits per heavy atom. The third-order valence-electron chi connectivity index (χ3n) is 2.44. The minimum atomic E-state index is 0.840. The van der Waals surface area contributed by atoms with Crippen LogP contribution in [0.5, 0.6) is 0 Å². The van der Waals surface area contributed by atoms with Crippen molar-refractivity contribution >= 4 is 17.6 Å². The van der Waals surface area contributed by atoms with Crippen molar-refractivity contribution in [2.45, 2.75) is 23.8 Å². The summed E-state index contributed by atoms with van der Waals surface area (Å²) in [4.78, 5) is 9.59. The van der Waals surface area contributed by atoms with Gasteiger partial charge in [0.2, 0.25) is 0 Å². The predicted molar refractivity (Wildman–Crippen MR) is 71.6 cm³/mol. The summed E-state index contributed by atoms with van der Waals surface area (Å²) in [6.45, 7) is 4.22. The molecule has 0 radical (unpaired) electrons. The number of nitrogens with zero attached hydrogens (tertiary/aromatic N) is 2. The number of nitrogens with one attached hydrogen (secondary N) is 1. The molecule has 0 unspecified atom stereocenters. The van der Waals surface area contributed by atoms with Gasteiger partial charge in [0.25, 0.3) is 0 Å². The molecule has 0 atom stereocenters. The van der Waals surface area contributed by atoms with Crippen LogP contribution in [0.15, 0.2) is 40.5 Å². The molecule has 1 heterocycles. The van der Waals surface area contributed by atoms with Crippen LogP contribution < -0.4 is 5.32 Å². The summed E-state index contributed by atoms with van der Waals surface area (Å²) in [7, 11) is 1.86. The summed E-state index contributed by atoms with van der Waals surface area (Å²) in [5.74, 6) is 0.840. The fourth-order valence-electron chi connectivity index (χ4n) is 1.56. The van der Waals surface area contributed by atoms with Crippen molar-refractivity contribution in [3.8, 4) is 0 Å². The van der Waals surface area contributed by atoms with Gasteiger partial charge in [0, 0.05) is 18.0 Å². The zero-order valence-corrected chi connectivity index (χ0v) is 11.0. The van der Waals surface area contributed by atoms with Gasteiger partial charge in [0.15, 0.2) is 0 Å². The molecule has 0 bridgehead atoms. The van der Waals surface area contributed by atoms with Crippen molar-refractivity contribution in [2.24, 2.45) is 0 Å². The second-order valence-electron chi connectivity index (χ2n) is 3.86. The summed E-state index contributed by atoms with van der Waals surface area (Å²) in [5.41, 5.74) is 2.56. The molecule has 0 aliphatic heterocycles. The van der Waals surface area contributed by atoms with Crippen LogP contribution in [0.25, 0.3) is 0 Å². The van der Waals surface area contributed by atoms with E-state index in [9.17, 15) is 0 Å². The third-order valence-corrected chi connectivity index (χ3v) is 3.55. The average molecular weight is 245 g/mol. The highest BCUT2D eigenvalue weighted by Crippen LogP contribution is 2.29. The van der Waals surface area contributed by atoms with Crippen molar-refractivity contribution < 1.29 is 0 Å². The third kappa shape index (κ3) is 2.97. The molecule has 1 aromatic heterocycles. The maximum Gasteiger partial charge on any atom is 0.130 e. The number of anilines is 1. The van der Waals surface area contributed by atoms with Gasteiger partial charge in [-0.15, -0.1) is 0 Å². The Balaban J connectivity index is 2.25. The molecule has 0 fully saturated rings. The molecule has 4 heteroatoms. The van der Waals surface area contributed by atoms with Crippen LogP contribution in [0.2, 0.25) is 0 Å². The SMILES string of the molecule is CNc1cc(Sc2ccc(C)cc2C)ncn1. The highest BCUT2D eigenvalue weighted by atomic mass is 32.2. The summed E-state index contributed by atoms with van der Waals surface area (Å²) in [6, 6.07) is 8.39. The first-order valence-corrected chi connectivity index (χ1v) is 6.25. The van der Waals surface area contributed by atoms with E-state index in [1.807, 2.05) is 13.1 Å². The van der Waals surface area contributed by atoms with Crippen molar-refractivity contribution in [3.05, 3.63) is 41.7 Å². The molecule has 1 N–H and O–H groups in total. The second-order valence-corrected chi connectivity index (χ2v) is 4.92. The van der Waals surface area contributed by atoms with Crippen LogP contribution >= 0.6 is 11.8 Å². The molecule has 0 aliphatic rings. The van der Waals surface area contributed by atoms with Gasteiger partial charge < -0.3 is 5.32 Å². The minimum absolute atomic E-state index is 0.840. The van der Waals surface area contributed by atoms with Gasteiger partial charge in [-0.3, -0.25) is 0 Å². The fourth-order valence-corrected chi connectivity index (χ4v) is 2.41. The summed E-state index contributed by atoms with van der Waals surface area (Å²) < 4.78 is 0. The van der Waals surface area contributed by atoms with Gasteiger partial charge in [-0.1, -0.05) is 29.5 Å². The fraction of sp³-hybridized carbons (Fsp3) is 0.231. The van der Waals surface area contributed by atoms with E-state index < -0.39 is 0 Å². The monoisotopic (exact) mass is 245 g/mol. The lowest BCUT2D eigenvalue weighted by atomic mass is 10.2. The lowest BCUT2D eigenvalue weighted by molar-refractivity contribution is 1.04. The molecular formula is C13H15N3S. The normalized spacial score (nSPS) is 10.3. The Labute approximate surface area is 106 Å². The Morgan fingerprint density at radius 3 is 2.65 bits per heavy atom. The van der Waals surface area contributed by atoms with Gasteiger partial charge in [0.1, 0.15) is 17.2 Å². The van der Waals surface area contributed by atoms with Crippen molar-refractivity contribution in [2.75, 3.05) is 12.4 Å². The van der Waals surface area contributed by atoms with Crippen LogP contribution in [-0.4, -0.2) is 17.0 Å². The van der Waals surface area contributed by atoms with Crippen LogP contribution in [0, 0.1) is 13.8 Å². The quantitative estimate of drug-likeness (QED) is 0.842. The second kappa shape index (κ2) is 5.19. The standard InChI is InChI=1S/C13H15N3S/c1-9-4-5-11(10(2)6-9)17-13-7-12(14-3)15-8-16-13/h4-8H,1-3H3,(H,14,15,16). The van der Waals surface area contributed by atoms with Crippen LogP contribution in [0.4, 0.5) is 5.82 Å². The number of aromatic nitrogens is 2. The lowest BCUT2D eigenvalue weighted by Gasteiger charge is -2.06. The molecule has 0 aliphatic carbocycles. The molecule has 2 aromatic rings. The summed E-state index contributed by atoms with van der Waals surface area (Å²) >= 11 is 1.66. The molecule has 1 aromatic carbocycles. The zero-order chi connectivity index (χ0) is 12.3. The molecule has 2 rings (SSSR count). The topological polar surface area (TPSA) is 37.8 Å². The van der Waals surface area contributed by atoms with Gasteiger partial charge in [-0.2, -0.15) is 0 Å². The van der Waals surface area contributed by atoms with E-state index in [0.29, 0.717) is 0 Å². The van der Waals surface area contributed by atoms with Gasteiger partial charge >= 0.3 is 0 Å². The van der Waals surface area contributed by atoms with Gasteiger partial charge in [0.05, 0.1) is 0 Å². The number of hydrogen-bond acceptors (Lipinski definition) is 4. The van der Waals surface area contributed by atoms with Crippen LogP contribution in [-0.2, 0) is 0 Å². The highest BCUT2D eigenvalue weighted by molar-refractivity contribution is 7.99. The van der Waals surface area contributed by atoms with Crippen LogP contribution in [0.1, 0.15) is 11.1 Å². The van der Waals surface area contributed by atoms with Gasteiger partial charge in [-0.05, 0) is 25.5 Å². The number of rotatable bonds is 3. The van der Waals surface area contributed by atoms with E-state index in [-0.39, 0.29) is 0 Å². The van der Waals surface area contributed by atoms with E-state index >= 15 is 0 Å². The largest absolute Gasteiger partial charge is 0.373 e.